The molecule has 1 aliphatic carbocycles. The van der Waals surface area contributed by atoms with Crippen LogP contribution in [0.15, 0.2) is 18.2 Å². The van der Waals surface area contributed by atoms with Crippen LogP contribution < -0.4 is 10.1 Å². The molecular formula is C19H29NO2S. The number of nitrogens with one attached hydrogen (secondary N) is 1. The lowest BCUT2D eigenvalue weighted by molar-refractivity contribution is -0.127. The van der Waals surface area contributed by atoms with E-state index in [4.69, 9.17) is 4.74 Å². The number of fused-ring (bicyclic) bond motifs is 1. The first kappa shape index (κ1) is 18.2. The second-order valence-electron chi connectivity index (χ2n) is 7.11. The Morgan fingerprint density at radius 2 is 2.04 bits per heavy atom. The van der Waals surface area contributed by atoms with E-state index in [1.165, 1.54) is 24.0 Å². The SMILES string of the molecule is CC(Oc1cccc2c1CCCC2)C(=O)NCCSC(C)(C)C. The zero-order valence-corrected chi connectivity index (χ0v) is 15.6. The van der Waals surface area contributed by atoms with Gasteiger partial charge in [-0.05, 0) is 49.8 Å². The van der Waals surface area contributed by atoms with Gasteiger partial charge in [0.15, 0.2) is 6.10 Å². The summed E-state index contributed by atoms with van der Waals surface area (Å²) in [5.41, 5.74) is 2.67. The van der Waals surface area contributed by atoms with Crippen molar-refractivity contribution in [2.24, 2.45) is 0 Å². The smallest absolute Gasteiger partial charge is 0.260 e. The zero-order chi connectivity index (χ0) is 16.9. The average Bonchev–Trinajstić information content (AvgIpc) is 2.50. The molecule has 1 atom stereocenters. The van der Waals surface area contributed by atoms with Crippen molar-refractivity contribution in [1.82, 2.24) is 5.32 Å². The Balaban J connectivity index is 1.84. The molecule has 0 fully saturated rings. The Hall–Kier alpha value is -1.16. The van der Waals surface area contributed by atoms with Crippen LogP contribution in [0, 0.1) is 0 Å². The molecule has 0 aliphatic heterocycles. The highest BCUT2D eigenvalue weighted by atomic mass is 32.2. The average molecular weight is 336 g/mol. The molecule has 1 unspecified atom stereocenters. The number of hydrogen-bond donors (Lipinski definition) is 1. The number of carbonyl (C=O) groups excluding carboxylic acids is 1. The van der Waals surface area contributed by atoms with E-state index < -0.39 is 6.10 Å². The summed E-state index contributed by atoms with van der Waals surface area (Å²) in [5.74, 6) is 1.77. The Labute approximate surface area is 144 Å². The minimum Gasteiger partial charge on any atom is -0.481 e. The standard InChI is InChI=1S/C19H29NO2S/c1-14(18(21)20-12-13-23-19(2,3)4)22-17-11-7-9-15-8-5-6-10-16(15)17/h7,9,11,14H,5-6,8,10,12-13H2,1-4H3,(H,20,21). The van der Waals surface area contributed by atoms with E-state index in [9.17, 15) is 4.79 Å². The quantitative estimate of drug-likeness (QED) is 0.799. The molecule has 3 nitrogen and oxygen atoms in total. The molecule has 1 aliphatic rings. The molecule has 1 N–H and O–H groups in total. The lowest BCUT2D eigenvalue weighted by Crippen LogP contribution is -2.38. The van der Waals surface area contributed by atoms with E-state index in [2.05, 4.69) is 32.2 Å². The number of benzene rings is 1. The third kappa shape index (κ3) is 5.76. The van der Waals surface area contributed by atoms with Gasteiger partial charge in [0.2, 0.25) is 0 Å². The number of carbonyl (C=O) groups is 1. The molecule has 0 saturated carbocycles. The van der Waals surface area contributed by atoms with Gasteiger partial charge in [0, 0.05) is 17.0 Å². The molecule has 1 amide bonds. The summed E-state index contributed by atoms with van der Waals surface area (Å²) < 4.78 is 6.19. The van der Waals surface area contributed by atoms with Crippen molar-refractivity contribution in [2.75, 3.05) is 12.3 Å². The maximum absolute atomic E-state index is 12.2. The van der Waals surface area contributed by atoms with Crippen molar-refractivity contribution in [3.05, 3.63) is 29.3 Å². The van der Waals surface area contributed by atoms with Crippen LogP contribution in [0.1, 0.15) is 51.7 Å². The molecule has 1 aromatic rings. The van der Waals surface area contributed by atoms with E-state index >= 15 is 0 Å². The third-order valence-electron chi connectivity index (χ3n) is 3.96. The van der Waals surface area contributed by atoms with E-state index in [0.29, 0.717) is 6.54 Å². The van der Waals surface area contributed by atoms with Crippen LogP contribution in [0.5, 0.6) is 5.75 Å². The highest BCUT2D eigenvalue weighted by Crippen LogP contribution is 2.30. The largest absolute Gasteiger partial charge is 0.481 e. The maximum Gasteiger partial charge on any atom is 0.260 e. The Kier molecular flexibility index (Phi) is 6.40. The monoisotopic (exact) mass is 335 g/mol. The fourth-order valence-corrected chi connectivity index (χ4v) is 3.59. The molecule has 0 aromatic heterocycles. The van der Waals surface area contributed by atoms with Crippen molar-refractivity contribution in [1.29, 1.82) is 0 Å². The number of hydrogen-bond acceptors (Lipinski definition) is 3. The van der Waals surface area contributed by atoms with Gasteiger partial charge in [0.05, 0.1) is 0 Å². The number of ether oxygens (including phenoxy) is 1. The van der Waals surface area contributed by atoms with Gasteiger partial charge >= 0.3 is 0 Å². The summed E-state index contributed by atoms with van der Waals surface area (Å²) in [6.45, 7) is 9.06. The molecular weight excluding hydrogens is 306 g/mol. The zero-order valence-electron chi connectivity index (χ0n) is 14.8. The predicted molar refractivity (Wildman–Crippen MR) is 98.4 cm³/mol. The maximum atomic E-state index is 12.2. The van der Waals surface area contributed by atoms with Crippen molar-refractivity contribution in [2.45, 2.75) is 64.2 Å². The van der Waals surface area contributed by atoms with Crippen LogP contribution in [-0.2, 0) is 17.6 Å². The van der Waals surface area contributed by atoms with Crippen LogP contribution in [0.25, 0.3) is 0 Å². The summed E-state index contributed by atoms with van der Waals surface area (Å²) in [4.78, 5) is 12.2. The van der Waals surface area contributed by atoms with E-state index in [0.717, 1.165) is 24.3 Å². The van der Waals surface area contributed by atoms with Gasteiger partial charge in [-0.25, -0.2) is 0 Å². The first-order valence-electron chi connectivity index (χ1n) is 8.56. The second-order valence-corrected chi connectivity index (χ2v) is 9.03. The fourth-order valence-electron chi connectivity index (χ4n) is 2.78. The summed E-state index contributed by atoms with van der Waals surface area (Å²) in [7, 11) is 0. The molecule has 1 aromatic carbocycles. The van der Waals surface area contributed by atoms with Crippen LogP contribution in [0.2, 0.25) is 0 Å². The van der Waals surface area contributed by atoms with Gasteiger partial charge in [-0.3, -0.25) is 4.79 Å². The molecule has 0 bridgehead atoms. The van der Waals surface area contributed by atoms with E-state index in [1.54, 1.807) is 0 Å². The molecule has 23 heavy (non-hydrogen) atoms. The van der Waals surface area contributed by atoms with Gasteiger partial charge < -0.3 is 10.1 Å². The van der Waals surface area contributed by atoms with E-state index in [-0.39, 0.29) is 10.7 Å². The van der Waals surface area contributed by atoms with Crippen molar-refractivity contribution >= 4 is 17.7 Å². The summed E-state index contributed by atoms with van der Waals surface area (Å²) in [5, 5.41) is 2.97. The topological polar surface area (TPSA) is 38.3 Å². The molecule has 2 rings (SSSR count). The van der Waals surface area contributed by atoms with Gasteiger partial charge in [0.25, 0.3) is 5.91 Å². The third-order valence-corrected chi connectivity index (χ3v) is 5.24. The summed E-state index contributed by atoms with van der Waals surface area (Å²) in [6.07, 6.45) is 4.18. The van der Waals surface area contributed by atoms with Gasteiger partial charge in [0.1, 0.15) is 5.75 Å². The Bertz CT molecular complexity index is 537. The fraction of sp³-hybridized carbons (Fsp3) is 0.632. The van der Waals surface area contributed by atoms with E-state index in [1.807, 2.05) is 30.8 Å². The Morgan fingerprint density at radius 3 is 2.78 bits per heavy atom. The van der Waals surface area contributed by atoms with Crippen molar-refractivity contribution < 1.29 is 9.53 Å². The van der Waals surface area contributed by atoms with Crippen LogP contribution in [0.4, 0.5) is 0 Å². The number of aryl methyl sites for hydroxylation is 1. The summed E-state index contributed by atoms with van der Waals surface area (Å²) >= 11 is 1.85. The predicted octanol–water partition coefficient (Wildman–Crippen LogP) is 3.98. The van der Waals surface area contributed by atoms with Crippen LogP contribution >= 0.6 is 11.8 Å². The van der Waals surface area contributed by atoms with Crippen molar-refractivity contribution in [3.8, 4) is 5.75 Å². The highest BCUT2D eigenvalue weighted by Gasteiger charge is 2.19. The molecule has 128 valence electrons. The first-order valence-corrected chi connectivity index (χ1v) is 9.54. The van der Waals surface area contributed by atoms with Gasteiger partial charge in [-0.2, -0.15) is 11.8 Å². The summed E-state index contributed by atoms with van der Waals surface area (Å²) in [6, 6.07) is 6.20. The molecule has 0 saturated heterocycles. The molecule has 0 radical (unpaired) electrons. The highest BCUT2D eigenvalue weighted by molar-refractivity contribution is 8.00. The van der Waals surface area contributed by atoms with Crippen LogP contribution in [-0.4, -0.2) is 29.1 Å². The number of thioether (sulfide) groups is 1. The molecule has 4 heteroatoms. The molecule has 0 spiro atoms. The minimum absolute atomic E-state index is 0.0343. The normalized spacial score (nSPS) is 15.7. The van der Waals surface area contributed by atoms with Crippen LogP contribution in [0.3, 0.4) is 0 Å². The Morgan fingerprint density at radius 1 is 1.30 bits per heavy atom. The lowest BCUT2D eigenvalue weighted by atomic mass is 9.91. The first-order chi connectivity index (χ1) is 10.9. The van der Waals surface area contributed by atoms with Gasteiger partial charge in [-0.15, -0.1) is 0 Å². The van der Waals surface area contributed by atoms with Gasteiger partial charge in [-0.1, -0.05) is 32.9 Å². The van der Waals surface area contributed by atoms with Crippen molar-refractivity contribution in [3.63, 3.8) is 0 Å². The lowest BCUT2D eigenvalue weighted by Gasteiger charge is -2.22. The minimum atomic E-state index is -0.455. The molecule has 0 heterocycles. The number of rotatable bonds is 6. The second kappa shape index (κ2) is 8.09. The number of amides is 1.